The highest BCUT2D eigenvalue weighted by molar-refractivity contribution is 6.30. The Bertz CT molecular complexity index is 985. The minimum Gasteiger partial charge on any atom is -0.493 e. The molecule has 3 rings (SSSR count). The Labute approximate surface area is 163 Å². The summed E-state index contributed by atoms with van der Waals surface area (Å²) in [6.45, 7) is 1.49. The van der Waals surface area contributed by atoms with Crippen LogP contribution in [0.1, 0.15) is 6.92 Å². The third kappa shape index (κ3) is 4.23. The number of carbonyl (C=O) groups excluding carboxylic acids is 1. The fourth-order valence-electron chi connectivity index (χ4n) is 2.94. The summed E-state index contributed by atoms with van der Waals surface area (Å²) < 4.78 is 10.7. The summed E-state index contributed by atoms with van der Waals surface area (Å²) in [7, 11) is 3.21. The van der Waals surface area contributed by atoms with Crippen LogP contribution in [0.15, 0.2) is 60.7 Å². The zero-order chi connectivity index (χ0) is 19.4. The van der Waals surface area contributed by atoms with E-state index in [4.69, 9.17) is 21.1 Å². The van der Waals surface area contributed by atoms with Crippen LogP contribution in [0.3, 0.4) is 0 Å². The molecule has 0 saturated heterocycles. The molecule has 27 heavy (non-hydrogen) atoms. The Kier molecular flexibility index (Phi) is 5.67. The number of amides is 1. The standard InChI is InChI=1S/C22H20ClNO3/c1-14(25)24-20-12-15(16-8-10-21(26-2)22(13-16)27-3)7-9-19(20)17-5-4-6-18(23)11-17/h4-13H,1-3H3,(H,24,25). The first-order valence-electron chi connectivity index (χ1n) is 8.42. The van der Waals surface area contributed by atoms with Gasteiger partial charge in [0.25, 0.3) is 0 Å². The van der Waals surface area contributed by atoms with Gasteiger partial charge in [0.2, 0.25) is 5.91 Å². The summed E-state index contributed by atoms with van der Waals surface area (Å²) >= 11 is 6.13. The molecule has 0 atom stereocenters. The number of anilines is 1. The average molecular weight is 382 g/mol. The Morgan fingerprint density at radius 1 is 0.852 bits per heavy atom. The van der Waals surface area contributed by atoms with Gasteiger partial charge in [0.15, 0.2) is 11.5 Å². The molecule has 1 amide bonds. The van der Waals surface area contributed by atoms with E-state index in [1.165, 1.54) is 6.92 Å². The normalized spacial score (nSPS) is 10.4. The molecule has 3 aromatic rings. The van der Waals surface area contributed by atoms with Crippen molar-refractivity contribution in [2.45, 2.75) is 6.92 Å². The molecule has 5 heteroatoms. The highest BCUT2D eigenvalue weighted by Gasteiger charge is 2.11. The lowest BCUT2D eigenvalue weighted by Gasteiger charge is -2.14. The van der Waals surface area contributed by atoms with E-state index >= 15 is 0 Å². The van der Waals surface area contributed by atoms with Crippen molar-refractivity contribution in [2.24, 2.45) is 0 Å². The molecule has 1 N–H and O–H groups in total. The maximum atomic E-state index is 11.7. The van der Waals surface area contributed by atoms with Gasteiger partial charge in [-0.2, -0.15) is 0 Å². The molecule has 0 aliphatic heterocycles. The molecule has 0 bridgehead atoms. The van der Waals surface area contributed by atoms with Crippen LogP contribution in [0.2, 0.25) is 5.02 Å². The van der Waals surface area contributed by atoms with E-state index in [1.54, 1.807) is 14.2 Å². The van der Waals surface area contributed by atoms with E-state index in [1.807, 2.05) is 60.7 Å². The summed E-state index contributed by atoms with van der Waals surface area (Å²) in [4.78, 5) is 11.7. The van der Waals surface area contributed by atoms with E-state index in [9.17, 15) is 4.79 Å². The van der Waals surface area contributed by atoms with Crippen LogP contribution in [0.25, 0.3) is 22.3 Å². The summed E-state index contributed by atoms with van der Waals surface area (Å²) in [5, 5.41) is 3.56. The van der Waals surface area contributed by atoms with E-state index in [0.717, 1.165) is 27.9 Å². The number of carbonyl (C=O) groups is 1. The first kappa shape index (κ1) is 18.8. The number of ether oxygens (including phenoxy) is 2. The van der Waals surface area contributed by atoms with Crippen molar-refractivity contribution >= 4 is 23.2 Å². The molecule has 0 fully saturated rings. The van der Waals surface area contributed by atoms with E-state index in [2.05, 4.69) is 5.32 Å². The van der Waals surface area contributed by atoms with Gasteiger partial charge in [-0.3, -0.25) is 4.79 Å². The third-order valence-electron chi connectivity index (χ3n) is 4.18. The molecule has 0 heterocycles. The molecule has 0 spiro atoms. The lowest BCUT2D eigenvalue weighted by Crippen LogP contribution is -2.07. The second kappa shape index (κ2) is 8.14. The van der Waals surface area contributed by atoms with Crippen LogP contribution >= 0.6 is 11.6 Å². The lowest BCUT2D eigenvalue weighted by atomic mass is 9.98. The zero-order valence-corrected chi connectivity index (χ0v) is 16.1. The van der Waals surface area contributed by atoms with E-state index in [-0.39, 0.29) is 5.91 Å². The van der Waals surface area contributed by atoms with Crippen LogP contribution < -0.4 is 14.8 Å². The molecular formula is C22H20ClNO3. The second-order valence-corrected chi connectivity index (χ2v) is 6.46. The number of nitrogens with one attached hydrogen (secondary N) is 1. The minimum absolute atomic E-state index is 0.136. The topological polar surface area (TPSA) is 47.6 Å². The molecule has 138 valence electrons. The monoisotopic (exact) mass is 381 g/mol. The first-order valence-corrected chi connectivity index (χ1v) is 8.79. The summed E-state index contributed by atoms with van der Waals surface area (Å²) in [6, 6.07) is 19.2. The lowest BCUT2D eigenvalue weighted by molar-refractivity contribution is -0.114. The first-order chi connectivity index (χ1) is 13.0. The molecule has 4 nitrogen and oxygen atoms in total. The number of hydrogen-bond acceptors (Lipinski definition) is 3. The van der Waals surface area contributed by atoms with Gasteiger partial charge in [0, 0.05) is 23.2 Å². The molecule has 0 saturated carbocycles. The number of benzene rings is 3. The summed E-state index contributed by atoms with van der Waals surface area (Å²) in [5.41, 5.74) is 4.46. The van der Waals surface area contributed by atoms with Crippen LogP contribution in [0.4, 0.5) is 5.69 Å². The van der Waals surface area contributed by atoms with Gasteiger partial charge in [-0.1, -0.05) is 41.9 Å². The quantitative estimate of drug-likeness (QED) is 0.621. The maximum Gasteiger partial charge on any atom is 0.221 e. The van der Waals surface area contributed by atoms with Crippen molar-refractivity contribution in [3.05, 3.63) is 65.7 Å². The number of rotatable bonds is 5. The molecular weight excluding hydrogens is 362 g/mol. The van der Waals surface area contributed by atoms with Crippen molar-refractivity contribution in [2.75, 3.05) is 19.5 Å². The van der Waals surface area contributed by atoms with E-state index < -0.39 is 0 Å². The van der Waals surface area contributed by atoms with Crippen molar-refractivity contribution in [1.29, 1.82) is 0 Å². The molecule has 3 aromatic carbocycles. The second-order valence-electron chi connectivity index (χ2n) is 6.02. The van der Waals surface area contributed by atoms with Crippen molar-refractivity contribution in [3.8, 4) is 33.8 Å². The molecule has 0 aliphatic carbocycles. The van der Waals surface area contributed by atoms with Crippen LogP contribution in [0, 0.1) is 0 Å². The largest absolute Gasteiger partial charge is 0.493 e. The Morgan fingerprint density at radius 3 is 2.22 bits per heavy atom. The Balaban J connectivity index is 2.10. The van der Waals surface area contributed by atoms with Crippen LogP contribution in [0.5, 0.6) is 11.5 Å². The number of hydrogen-bond donors (Lipinski definition) is 1. The van der Waals surface area contributed by atoms with Crippen LogP contribution in [-0.2, 0) is 4.79 Å². The van der Waals surface area contributed by atoms with E-state index in [0.29, 0.717) is 16.5 Å². The minimum atomic E-state index is -0.136. The van der Waals surface area contributed by atoms with Gasteiger partial charge in [0.05, 0.1) is 14.2 Å². The zero-order valence-electron chi connectivity index (χ0n) is 15.4. The highest BCUT2D eigenvalue weighted by atomic mass is 35.5. The SMILES string of the molecule is COc1ccc(-c2ccc(-c3cccc(Cl)c3)c(NC(C)=O)c2)cc1OC. The molecule has 0 unspecified atom stereocenters. The predicted molar refractivity (Wildman–Crippen MR) is 110 cm³/mol. The van der Waals surface area contributed by atoms with Gasteiger partial charge in [0.1, 0.15) is 0 Å². The van der Waals surface area contributed by atoms with Crippen molar-refractivity contribution in [3.63, 3.8) is 0 Å². The average Bonchev–Trinajstić information content (AvgIpc) is 2.67. The van der Waals surface area contributed by atoms with Gasteiger partial charge in [-0.15, -0.1) is 0 Å². The van der Waals surface area contributed by atoms with Crippen molar-refractivity contribution < 1.29 is 14.3 Å². The summed E-state index contributed by atoms with van der Waals surface area (Å²) in [6.07, 6.45) is 0. The smallest absolute Gasteiger partial charge is 0.221 e. The fraction of sp³-hybridized carbons (Fsp3) is 0.136. The van der Waals surface area contributed by atoms with Gasteiger partial charge in [-0.25, -0.2) is 0 Å². The molecule has 0 aromatic heterocycles. The number of halogens is 1. The predicted octanol–water partition coefficient (Wildman–Crippen LogP) is 5.65. The highest BCUT2D eigenvalue weighted by Crippen LogP contribution is 2.36. The maximum absolute atomic E-state index is 11.7. The molecule has 0 radical (unpaired) electrons. The van der Waals surface area contributed by atoms with Gasteiger partial charge in [-0.05, 0) is 47.0 Å². The van der Waals surface area contributed by atoms with Gasteiger partial charge < -0.3 is 14.8 Å². The summed E-state index contributed by atoms with van der Waals surface area (Å²) in [5.74, 6) is 1.18. The van der Waals surface area contributed by atoms with Crippen molar-refractivity contribution in [1.82, 2.24) is 0 Å². The third-order valence-corrected chi connectivity index (χ3v) is 4.42. The number of methoxy groups -OCH3 is 2. The Morgan fingerprint density at radius 2 is 1.56 bits per heavy atom. The Hall–Kier alpha value is -2.98. The van der Waals surface area contributed by atoms with Gasteiger partial charge >= 0.3 is 0 Å². The van der Waals surface area contributed by atoms with Crippen LogP contribution in [-0.4, -0.2) is 20.1 Å². The molecule has 0 aliphatic rings. The fourth-order valence-corrected chi connectivity index (χ4v) is 3.13.